The summed E-state index contributed by atoms with van der Waals surface area (Å²) < 4.78 is 0. The molecule has 1 aliphatic rings. The normalized spacial score (nSPS) is 19.1. The summed E-state index contributed by atoms with van der Waals surface area (Å²) in [7, 11) is 0. The summed E-state index contributed by atoms with van der Waals surface area (Å²) in [6.45, 7) is -0.234. The number of carbonyl (C=O) groups is 5. The number of amides is 3. The van der Waals surface area contributed by atoms with Crippen molar-refractivity contribution in [2.45, 2.75) is 31.0 Å². The molecule has 0 aromatic carbocycles. The number of hydrogen-bond acceptors (Lipinski definition) is 8. The summed E-state index contributed by atoms with van der Waals surface area (Å²) in [6.07, 6.45) is -1.83. The van der Waals surface area contributed by atoms with Crippen LogP contribution in [0.4, 0.5) is 0 Å². The van der Waals surface area contributed by atoms with Gasteiger partial charge in [0, 0.05) is 0 Å². The monoisotopic (exact) mass is 348 g/mol. The third-order valence-corrected chi connectivity index (χ3v) is 2.96. The first-order valence-corrected chi connectivity index (χ1v) is 6.56. The Morgan fingerprint density at radius 3 is 2.33 bits per heavy atom. The van der Waals surface area contributed by atoms with Crippen molar-refractivity contribution in [2.24, 2.45) is 5.73 Å². The van der Waals surface area contributed by atoms with Gasteiger partial charge in [0.15, 0.2) is 0 Å². The number of nitrogens with one attached hydrogen (secondary N) is 2. The maximum absolute atomic E-state index is 12.0. The molecule has 13 nitrogen and oxygen atoms in total. The van der Waals surface area contributed by atoms with Crippen molar-refractivity contribution < 1.29 is 44.2 Å². The Kier molecular flexibility index (Phi) is 6.58. The molecule has 134 valence electrons. The molecule has 3 amide bonds. The summed E-state index contributed by atoms with van der Waals surface area (Å²) in [4.78, 5) is 61.1. The lowest BCUT2D eigenvalue weighted by atomic mass is 10.1. The van der Waals surface area contributed by atoms with E-state index in [2.05, 4.69) is 10.2 Å². The van der Waals surface area contributed by atoms with E-state index in [9.17, 15) is 29.2 Å². The highest BCUT2D eigenvalue weighted by Gasteiger charge is 2.37. The molecule has 1 saturated heterocycles. The largest absolute Gasteiger partial charge is 0.481 e. The second-order valence-corrected chi connectivity index (χ2v) is 4.84. The zero-order valence-corrected chi connectivity index (χ0v) is 12.2. The summed E-state index contributed by atoms with van der Waals surface area (Å²) in [5.41, 5.74) is 7.23. The Balaban J connectivity index is 2.84. The average Bonchev–Trinajstić information content (AvgIpc) is 2.87. The van der Waals surface area contributed by atoms with Gasteiger partial charge in [0.05, 0.1) is 18.9 Å². The van der Waals surface area contributed by atoms with Crippen LogP contribution in [0.2, 0.25) is 0 Å². The lowest BCUT2D eigenvalue weighted by molar-refractivity contribution is -0.184. The highest BCUT2D eigenvalue weighted by atomic mass is 16.7. The molecule has 0 saturated carbocycles. The Labute approximate surface area is 134 Å². The highest BCUT2D eigenvalue weighted by molar-refractivity contribution is 5.95. The van der Waals surface area contributed by atoms with E-state index in [0.717, 1.165) is 0 Å². The zero-order valence-electron chi connectivity index (χ0n) is 12.2. The van der Waals surface area contributed by atoms with Gasteiger partial charge in [-0.05, 0) is 0 Å². The van der Waals surface area contributed by atoms with Crippen LogP contribution in [-0.4, -0.2) is 74.9 Å². The summed E-state index contributed by atoms with van der Waals surface area (Å²) in [5, 5.41) is 29.0. The molecule has 24 heavy (non-hydrogen) atoms. The van der Waals surface area contributed by atoms with Crippen LogP contribution in [-0.2, 0) is 28.8 Å². The molecule has 1 aliphatic heterocycles. The molecule has 1 fully saturated rings. The van der Waals surface area contributed by atoms with Gasteiger partial charge >= 0.3 is 11.9 Å². The van der Waals surface area contributed by atoms with Gasteiger partial charge in [0.2, 0.25) is 5.91 Å². The van der Waals surface area contributed by atoms with Crippen LogP contribution in [0.25, 0.3) is 0 Å². The fraction of sp³-hybridized carbons (Fsp3) is 0.545. The number of carboxylic acid groups (broad SMARTS) is 2. The van der Waals surface area contributed by atoms with Crippen LogP contribution in [0, 0.1) is 0 Å². The number of carboxylic acids is 2. The molecular weight excluding hydrogens is 332 g/mol. The number of carbonyl (C=O) groups excluding carboxylic acids is 3. The van der Waals surface area contributed by atoms with Crippen LogP contribution in [0.3, 0.4) is 0 Å². The van der Waals surface area contributed by atoms with Crippen molar-refractivity contribution in [3.63, 3.8) is 0 Å². The maximum atomic E-state index is 12.0. The van der Waals surface area contributed by atoms with Gasteiger partial charge in [-0.25, -0.2) is 10.5 Å². The second-order valence-electron chi connectivity index (χ2n) is 4.84. The lowest BCUT2D eigenvalue weighted by Gasteiger charge is -2.26. The molecule has 3 unspecified atom stereocenters. The summed E-state index contributed by atoms with van der Waals surface area (Å²) in [6, 6.07) is -4.73. The van der Waals surface area contributed by atoms with E-state index in [1.165, 1.54) is 0 Å². The quantitative estimate of drug-likeness (QED) is 0.187. The fourth-order valence-electron chi connectivity index (χ4n) is 1.77. The lowest BCUT2D eigenvalue weighted by Crippen LogP contribution is -2.56. The molecule has 0 spiro atoms. The first-order chi connectivity index (χ1) is 11.1. The van der Waals surface area contributed by atoms with Crippen LogP contribution in [0.1, 0.15) is 12.8 Å². The Bertz CT molecular complexity index is 552. The van der Waals surface area contributed by atoms with E-state index in [-0.39, 0.29) is 11.7 Å². The minimum atomic E-state index is -1.91. The van der Waals surface area contributed by atoms with E-state index < -0.39 is 60.6 Å². The van der Waals surface area contributed by atoms with Gasteiger partial charge < -0.3 is 21.3 Å². The third-order valence-electron chi connectivity index (χ3n) is 2.96. The highest BCUT2D eigenvalue weighted by Crippen LogP contribution is 2.08. The Hall–Kier alpha value is -2.77. The van der Waals surface area contributed by atoms with Crippen molar-refractivity contribution in [1.29, 1.82) is 0 Å². The number of hydrogen-bond donors (Lipinski definition) is 6. The summed E-state index contributed by atoms with van der Waals surface area (Å²) in [5.74, 6) is -6.16. The van der Waals surface area contributed by atoms with Crippen molar-refractivity contribution in [2.75, 3.05) is 6.61 Å². The molecule has 7 N–H and O–H groups in total. The second kappa shape index (κ2) is 8.19. The number of rotatable bonds is 8. The topological polar surface area (TPSA) is 209 Å². The molecule has 0 aromatic heterocycles. The smallest absolute Gasteiger partial charge is 0.306 e. The molecule has 0 aromatic rings. The van der Waals surface area contributed by atoms with Crippen LogP contribution in [0.15, 0.2) is 0 Å². The zero-order chi connectivity index (χ0) is 18.4. The third kappa shape index (κ3) is 5.15. The molecule has 1 rings (SSSR count). The van der Waals surface area contributed by atoms with E-state index in [4.69, 9.17) is 15.9 Å². The number of nitrogens with two attached hydrogens (primary N) is 1. The first-order valence-electron chi connectivity index (χ1n) is 6.56. The van der Waals surface area contributed by atoms with Crippen LogP contribution in [0.5, 0.6) is 0 Å². The van der Waals surface area contributed by atoms with Gasteiger partial charge in [0.1, 0.15) is 18.7 Å². The Morgan fingerprint density at radius 1 is 1.29 bits per heavy atom. The van der Waals surface area contributed by atoms with Gasteiger partial charge in [-0.1, -0.05) is 0 Å². The van der Waals surface area contributed by atoms with Gasteiger partial charge in [-0.15, -0.1) is 0 Å². The fourth-order valence-corrected chi connectivity index (χ4v) is 1.77. The number of nitrogens with zero attached hydrogens (tertiary/aromatic N) is 1. The molecule has 0 bridgehead atoms. The van der Waals surface area contributed by atoms with Crippen molar-refractivity contribution in [3.8, 4) is 0 Å². The Morgan fingerprint density at radius 2 is 1.88 bits per heavy atom. The van der Waals surface area contributed by atoms with E-state index >= 15 is 0 Å². The molecular formula is C11H16N4O9. The molecule has 13 heteroatoms. The van der Waals surface area contributed by atoms with E-state index in [1.807, 2.05) is 5.48 Å². The van der Waals surface area contributed by atoms with Gasteiger partial charge in [0.25, 0.3) is 11.8 Å². The molecule has 0 radical (unpaired) electrons. The molecule has 0 aliphatic carbocycles. The minimum Gasteiger partial charge on any atom is -0.481 e. The number of aliphatic carboxylic acids is 2. The van der Waals surface area contributed by atoms with Crippen LogP contribution >= 0.6 is 0 Å². The predicted octanol–water partition coefficient (Wildman–Crippen LogP) is -3.60. The number of hydroxylamine groups is 3. The van der Waals surface area contributed by atoms with Crippen LogP contribution < -0.4 is 16.5 Å². The SMILES string of the molecule is NC(CC(=O)O)C(=O)N(O)C(CC(=O)O)C(=O)NC1CONC1=O. The van der Waals surface area contributed by atoms with Crippen molar-refractivity contribution >= 4 is 29.7 Å². The van der Waals surface area contributed by atoms with E-state index in [0.29, 0.717) is 0 Å². The maximum Gasteiger partial charge on any atom is 0.306 e. The molecule has 1 heterocycles. The van der Waals surface area contributed by atoms with E-state index in [1.54, 1.807) is 0 Å². The molecule has 3 atom stereocenters. The van der Waals surface area contributed by atoms with Gasteiger partial charge in [-0.2, -0.15) is 0 Å². The van der Waals surface area contributed by atoms with Gasteiger partial charge in [-0.3, -0.25) is 34.0 Å². The average molecular weight is 348 g/mol. The summed E-state index contributed by atoms with van der Waals surface area (Å²) >= 11 is 0. The predicted molar refractivity (Wildman–Crippen MR) is 70.9 cm³/mol. The minimum absolute atomic E-state index is 0.234. The first kappa shape index (κ1) is 19.3. The standard InChI is InChI=1S/C11H16N4O9/c12-4(1-7(16)17)11(22)15(23)6(2-8(18)19)10(21)13-5-3-24-14-9(5)20/h4-6,23H,1-3,12H2,(H,13,21)(H,14,20)(H,16,17)(H,18,19). The van der Waals surface area contributed by atoms with Crippen molar-refractivity contribution in [1.82, 2.24) is 15.9 Å². The van der Waals surface area contributed by atoms with Crippen molar-refractivity contribution in [3.05, 3.63) is 0 Å².